The smallest absolute Gasteiger partial charge is 0.0693 e. The van der Waals surface area contributed by atoms with Gasteiger partial charge in [-0.1, -0.05) is 36.8 Å². The van der Waals surface area contributed by atoms with Gasteiger partial charge in [0.15, 0.2) is 0 Å². The van der Waals surface area contributed by atoms with Crippen LogP contribution in [0.3, 0.4) is 0 Å². The van der Waals surface area contributed by atoms with Gasteiger partial charge in [-0.15, -0.1) is 0 Å². The van der Waals surface area contributed by atoms with E-state index in [-0.39, 0.29) is 5.41 Å². The molecule has 170 valence electrons. The molecular weight excluding hydrogens is 382 g/mol. The van der Waals surface area contributed by atoms with Crippen LogP contribution < -0.4 is 10.7 Å². The summed E-state index contributed by atoms with van der Waals surface area (Å²) in [4.78, 5) is 0. The highest BCUT2D eigenvalue weighted by atomic mass is 16.5. The number of nitrogens with zero attached hydrogens (tertiary/aromatic N) is 1. The lowest BCUT2D eigenvalue weighted by molar-refractivity contribution is -0.133. The summed E-state index contributed by atoms with van der Waals surface area (Å²) in [5.41, 5.74) is 5.79. The molecule has 6 aliphatic rings. The van der Waals surface area contributed by atoms with Crippen molar-refractivity contribution in [3.8, 4) is 0 Å². The molecule has 1 aromatic carbocycles. The number of nitrogens with one attached hydrogen (secondary N) is 2. The maximum atomic E-state index is 7.16. The third kappa shape index (κ3) is 3.99. The summed E-state index contributed by atoms with van der Waals surface area (Å²) in [7, 11) is 0. The average Bonchev–Trinajstić information content (AvgIpc) is 3.25. The molecule has 2 saturated heterocycles. The van der Waals surface area contributed by atoms with Crippen LogP contribution in [0.1, 0.15) is 76.2 Å². The number of ether oxygens (including phenoxy) is 1. The number of fused-ring (bicyclic) bond motifs is 6. The Hall–Kier alpha value is -0.940. The van der Waals surface area contributed by atoms with Crippen molar-refractivity contribution < 1.29 is 4.74 Å². The van der Waals surface area contributed by atoms with E-state index in [9.17, 15) is 0 Å². The first-order valence-electron chi connectivity index (χ1n) is 13.2. The van der Waals surface area contributed by atoms with Crippen LogP contribution in [-0.2, 0) is 10.2 Å². The van der Waals surface area contributed by atoms with Gasteiger partial charge in [-0.05, 0) is 88.2 Å². The van der Waals surface area contributed by atoms with Gasteiger partial charge in [-0.25, -0.2) is 5.01 Å². The van der Waals surface area contributed by atoms with Gasteiger partial charge < -0.3 is 10.1 Å². The zero-order chi connectivity index (χ0) is 20.7. The van der Waals surface area contributed by atoms with Gasteiger partial charge in [0.25, 0.3) is 0 Å². The lowest BCUT2D eigenvalue weighted by Gasteiger charge is -2.59. The third-order valence-electron chi connectivity index (χ3n) is 9.58. The lowest BCUT2D eigenvalue weighted by Crippen LogP contribution is -2.63. The molecule has 1 spiro atoms. The van der Waals surface area contributed by atoms with Crippen LogP contribution in [0.5, 0.6) is 0 Å². The van der Waals surface area contributed by atoms with Crippen molar-refractivity contribution in [2.24, 2.45) is 11.8 Å². The molecule has 2 heterocycles. The molecule has 0 amide bonds. The number of benzene rings is 1. The normalized spacial score (nSPS) is 45.6. The minimum Gasteiger partial charge on any atom is -0.374 e. The van der Waals surface area contributed by atoms with Crippen LogP contribution in [0.25, 0.3) is 0 Å². The molecule has 7 bridgehead atoms. The lowest BCUT2D eigenvalue weighted by atomic mass is 9.53. The van der Waals surface area contributed by atoms with E-state index in [0.29, 0.717) is 17.7 Å². The number of rotatable bonds is 1. The summed E-state index contributed by atoms with van der Waals surface area (Å²) in [6.45, 7) is 4.81. The van der Waals surface area contributed by atoms with Crippen LogP contribution in [0.4, 0.5) is 0 Å². The molecule has 2 aliphatic heterocycles. The van der Waals surface area contributed by atoms with Crippen LogP contribution in [0.2, 0.25) is 0 Å². The topological polar surface area (TPSA) is 36.5 Å². The Morgan fingerprint density at radius 3 is 2.58 bits per heavy atom. The Morgan fingerprint density at radius 2 is 1.71 bits per heavy atom. The van der Waals surface area contributed by atoms with Crippen molar-refractivity contribution in [3.05, 3.63) is 35.9 Å². The number of hydrogen-bond donors (Lipinski definition) is 2. The maximum Gasteiger partial charge on any atom is 0.0693 e. The van der Waals surface area contributed by atoms with E-state index in [4.69, 9.17) is 4.74 Å². The molecule has 1 aromatic rings. The first-order chi connectivity index (χ1) is 15.2. The summed E-state index contributed by atoms with van der Waals surface area (Å²) in [6, 6.07) is 11.4. The fourth-order valence-electron chi connectivity index (χ4n) is 7.77. The summed E-state index contributed by atoms with van der Waals surface area (Å²) in [5.74, 6) is 1.62. The van der Waals surface area contributed by atoms with E-state index in [0.717, 1.165) is 11.8 Å². The minimum absolute atomic E-state index is 0.232. The van der Waals surface area contributed by atoms with Gasteiger partial charge in [0.2, 0.25) is 0 Å². The van der Waals surface area contributed by atoms with E-state index in [1.165, 1.54) is 102 Å². The molecule has 7 rings (SSSR count). The van der Waals surface area contributed by atoms with Gasteiger partial charge in [-0.3, -0.25) is 5.43 Å². The van der Waals surface area contributed by atoms with Gasteiger partial charge in [0, 0.05) is 30.6 Å². The molecule has 4 saturated carbocycles. The van der Waals surface area contributed by atoms with Crippen molar-refractivity contribution in [2.75, 3.05) is 26.2 Å². The van der Waals surface area contributed by atoms with Crippen LogP contribution in [0.15, 0.2) is 30.3 Å². The summed E-state index contributed by atoms with van der Waals surface area (Å²) >= 11 is 0. The largest absolute Gasteiger partial charge is 0.374 e. The Labute approximate surface area is 188 Å². The second kappa shape index (κ2) is 8.44. The summed E-state index contributed by atoms with van der Waals surface area (Å²) in [5, 5.41) is 6.63. The second-order valence-electron chi connectivity index (χ2n) is 11.5. The van der Waals surface area contributed by atoms with Crippen molar-refractivity contribution in [3.63, 3.8) is 0 Å². The van der Waals surface area contributed by atoms with Crippen molar-refractivity contribution in [1.82, 2.24) is 15.8 Å². The Balaban J connectivity index is 1.28. The van der Waals surface area contributed by atoms with E-state index < -0.39 is 0 Å². The zero-order valence-corrected chi connectivity index (χ0v) is 19.2. The molecule has 4 heteroatoms. The highest BCUT2D eigenvalue weighted by molar-refractivity contribution is 5.32. The molecule has 2 N–H and O–H groups in total. The van der Waals surface area contributed by atoms with E-state index >= 15 is 0 Å². The predicted octanol–water partition coefficient (Wildman–Crippen LogP) is 4.40. The molecular formula is C27H41N3O. The molecule has 4 aliphatic carbocycles. The fourth-order valence-corrected chi connectivity index (χ4v) is 7.77. The molecule has 31 heavy (non-hydrogen) atoms. The van der Waals surface area contributed by atoms with Crippen molar-refractivity contribution >= 4 is 0 Å². The highest BCUT2D eigenvalue weighted by Gasteiger charge is 2.56. The van der Waals surface area contributed by atoms with Crippen LogP contribution in [0, 0.1) is 11.8 Å². The first kappa shape index (κ1) is 20.7. The van der Waals surface area contributed by atoms with Crippen molar-refractivity contribution in [2.45, 2.75) is 93.8 Å². The number of hydrazine groups is 1. The minimum atomic E-state index is 0.232. The molecule has 4 unspecified atom stereocenters. The van der Waals surface area contributed by atoms with Crippen molar-refractivity contribution in [1.29, 1.82) is 0 Å². The van der Waals surface area contributed by atoms with Gasteiger partial charge in [-0.2, -0.15) is 0 Å². The fraction of sp³-hybridized carbons (Fsp3) is 0.778. The van der Waals surface area contributed by atoms with E-state index in [1.807, 2.05) is 0 Å². The Kier molecular flexibility index (Phi) is 5.62. The molecule has 0 radical (unpaired) electrons. The van der Waals surface area contributed by atoms with Gasteiger partial charge in [0.1, 0.15) is 0 Å². The Bertz CT molecular complexity index is 744. The SMILES string of the molecule is c1ccc(C23CCC4(CC2)C[C@H]3OC2CCCC(C2)CN2CC(CCCN4)CN2)cc1. The highest BCUT2D eigenvalue weighted by Crippen LogP contribution is 2.55. The molecule has 6 fully saturated rings. The van der Waals surface area contributed by atoms with Crippen LogP contribution in [-0.4, -0.2) is 48.9 Å². The van der Waals surface area contributed by atoms with Crippen LogP contribution >= 0.6 is 0 Å². The molecule has 5 atom stereocenters. The first-order valence-corrected chi connectivity index (χ1v) is 13.2. The monoisotopic (exact) mass is 423 g/mol. The summed E-state index contributed by atoms with van der Waals surface area (Å²) < 4.78 is 7.16. The maximum absolute atomic E-state index is 7.16. The van der Waals surface area contributed by atoms with Gasteiger partial charge >= 0.3 is 0 Å². The quantitative estimate of drug-likeness (QED) is 0.702. The third-order valence-corrected chi connectivity index (χ3v) is 9.58. The molecule has 4 nitrogen and oxygen atoms in total. The summed E-state index contributed by atoms with van der Waals surface area (Å²) in [6.07, 6.45) is 15.1. The van der Waals surface area contributed by atoms with Gasteiger partial charge in [0.05, 0.1) is 12.2 Å². The predicted molar refractivity (Wildman–Crippen MR) is 125 cm³/mol. The Morgan fingerprint density at radius 1 is 0.903 bits per heavy atom. The average molecular weight is 424 g/mol. The zero-order valence-electron chi connectivity index (χ0n) is 19.2. The van der Waals surface area contributed by atoms with E-state index in [1.54, 1.807) is 0 Å². The standard InChI is InChI=1S/C27H41N3O/c1-2-8-23(9-3-1)27-13-11-26(12-14-27)17-25(27)31-24-10-4-6-21(16-24)19-30-20-22(18-29-30)7-5-15-28-26/h1-3,8-9,21-22,24-25,28-29H,4-7,10-20H2/t21?,22?,24?,25-,26?,27?/m1/s1. The second-order valence-corrected chi connectivity index (χ2v) is 11.5. The molecule has 0 aromatic heterocycles. The number of hydrogen-bond acceptors (Lipinski definition) is 4. The van der Waals surface area contributed by atoms with E-state index in [2.05, 4.69) is 46.1 Å².